The molecule has 0 fully saturated rings. The summed E-state index contributed by atoms with van der Waals surface area (Å²) in [5.41, 5.74) is 4.23. The van der Waals surface area contributed by atoms with Crippen molar-refractivity contribution in [3.63, 3.8) is 0 Å². The number of allylic oxidation sites excluding steroid dienone is 3. The predicted octanol–water partition coefficient (Wildman–Crippen LogP) is 6.94. The Kier molecular flexibility index (Phi) is 9.21. The number of amides is 1. The second kappa shape index (κ2) is 12.5. The van der Waals surface area contributed by atoms with Crippen LogP contribution in [-0.2, 0) is 6.54 Å². The minimum Gasteiger partial charge on any atom is -0.407 e. The van der Waals surface area contributed by atoms with E-state index in [1.54, 1.807) is 12.1 Å². The average molecular weight is 462 g/mol. The van der Waals surface area contributed by atoms with Crippen LogP contribution in [-0.4, -0.2) is 22.2 Å². The molecule has 0 unspecified atom stereocenters. The molecule has 2 aromatic carbocycles. The first-order chi connectivity index (χ1) is 16.5. The molecule has 0 spiro atoms. The van der Waals surface area contributed by atoms with Crippen LogP contribution in [0.3, 0.4) is 0 Å². The number of unbranched alkanes of at least 4 members (excludes halogenated alkanes) is 3. The number of hydrogen-bond donors (Lipinski definition) is 1. The SMILES string of the molecule is C=CC(=CC)c1nc(C)n(CCCCCCNC(=O)Oc2ccccc2F)c1-c1ccccc1. The maximum absolute atomic E-state index is 13.5. The molecule has 0 aliphatic heterocycles. The number of carbonyl (C=O) groups excluding carboxylic acids is 1. The summed E-state index contributed by atoms with van der Waals surface area (Å²) in [4.78, 5) is 16.7. The summed E-state index contributed by atoms with van der Waals surface area (Å²) >= 11 is 0. The molecule has 178 valence electrons. The first-order valence-corrected chi connectivity index (χ1v) is 11.7. The van der Waals surface area contributed by atoms with Gasteiger partial charge in [0.05, 0.1) is 11.4 Å². The van der Waals surface area contributed by atoms with Crippen LogP contribution in [0.15, 0.2) is 73.3 Å². The van der Waals surface area contributed by atoms with Gasteiger partial charge in [0, 0.05) is 18.7 Å². The first-order valence-electron chi connectivity index (χ1n) is 11.7. The lowest BCUT2D eigenvalue weighted by atomic mass is 10.0. The van der Waals surface area contributed by atoms with Crippen LogP contribution < -0.4 is 10.1 Å². The molecule has 0 radical (unpaired) electrons. The summed E-state index contributed by atoms with van der Waals surface area (Å²) in [7, 11) is 0. The highest BCUT2D eigenvalue weighted by atomic mass is 19.1. The van der Waals surface area contributed by atoms with E-state index in [1.165, 1.54) is 12.1 Å². The Balaban J connectivity index is 1.51. The lowest BCUT2D eigenvalue weighted by molar-refractivity contribution is 0.198. The third-order valence-corrected chi connectivity index (χ3v) is 5.63. The Morgan fingerprint density at radius 1 is 1.09 bits per heavy atom. The van der Waals surface area contributed by atoms with Gasteiger partial charge >= 0.3 is 6.09 Å². The number of nitrogens with one attached hydrogen (secondary N) is 1. The van der Waals surface area contributed by atoms with E-state index in [0.29, 0.717) is 6.54 Å². The smallest absolute Gasteiger partial charge is 0.407 e. The van der Waals surface area contributed by atoms with E-state index < -0.39 is 11.9 Å². The van der Waals surface area contributed by atoms with Crippen molar-refractivity contribution in [1.82, 2.24) is 14.9 Å². The van der Waals surface area contributed by atoms with Crippen LogP contribution in [0.5, 0.6) is 5.75 Å². The van der Waals surface area contributed by atoms with Crippen LogP contribution in [0, 0.1) is 12.7 Å². The molecule has 5 nitrogen and oxygen atoms in total. The van der Waals surface area contributed by atoms with Crippen molar-refractivity contribution in [2.75, 3.05) is 6.54 Å². The zero-order valence-corrected chi connectivity index (χ0v) is 19.9. The van der Waals surface area contributed by atoms with Crippen molar-refractivity contribution in [2.24, 2.45) is 0 Å². The van der Waals surface area contributed by atoms with E-state index in [0.717, 1.165) is 60.6 Å². The fourth-order valence-electron chi connectivity index (χ4n) is 3.88. The van der Waals surface area contributed by atoms with Crippen molar-refractivity contribution >= 4 is 11.7 Å². The van der Waals surface area contributed by atoms with Gasteiger partial charge in [-0.25, -0.2) is 14.2 Å². The van der Waals surface area contributed by atoms with Gasteiger partial charge in [-0.15, -0.1) is 0 Å². The molecule has 0 atom stereocenters. The molecule has 34 heavy (non-hydrogen) atoms. The number of aromatic nitrogens is 2. The molecule has 1 amide bonds. The maximum atomic E-state index is 13.5. The zero-order valence-electron chi connectivity index (χ0n) is 19.9. The summed E-state index contributed by atoms with van der Waals surface area (Å²) in [6, 6.07) is 16.2. The van der Waals surface area contributed by atoms with E-state index in [4.69, 9.17) is 9.72 Å². The van der Waals surface area contributed by atoms with Crippen molar-refractivity contribution in [3.8, 4) is 17.0 Å². The molecule has 1 heterocycles. The zero-order chi connectivity index (χ0) is 24.3. The first kappa shape index (κ1) is 25.0. The third-order valence-electron chi connectivity index (χ3n) is 5.63. The summed E-state index contributed by atoms with van der Waals surface area (Å²) < 4.78 is 20.8. The molecule has 3 aromatic rings. The van der Waals surface area contributed by atoms with Crippen molar-refractivity contribution in [2.45, 2.75) is 46.1 Å². The molecule has 6 heteroatoms. The Morgan fingerprint density at radius 2 is 1.79 bits per heavy atom. The van der Waals surface area contributed by atoms with E-state index in [-0.39, 0.29) is 5.75 Å². The van der Waals surface area contributed by atoms with Crippen LogP contribution in [0.4, 0.5) is 9.18 Å². The number of nitrogens with zero attached hydrogens (tertiary/aromatic N) is 2. The molecule has 0 bridgehead atoms. The Bertz CT molecular complexity index is 1140. The molecule has 0 saturated carbocycles. The fraction of sp³-hybridized carbons (Fsp3) is 0.286. The highest BCUT2D eigenvalue weighted by molar-refractivity contribution is 5.82. The number of para-hydroxylation sites is 1. The average Bonchev–Trinajstić information content (AvgIpc) is 3.17. The number of halogens is 1. The lowest BCUT2D eigenvalue weighted by Gasteiger charge is -2.12. The van der Waals surface area contributed by atoms with E-state index in [2.05, 4.69) is 28.6 Å². The van der Waals surface area contributed by atoms with E-state index in [9.17, 15) is 9.18 Å². The maximum Gasteiger partial charge on any atom is 0.412 e. The molecule has 3 rings (SSSR count). The summed E-state index contributed by atoms with van der Waals surface area (Å²) in [6.45, 7) is 9.34. The van der Waals surface area contributed by atoms with Crippen molar-refractivity contribution in [1.29, 1.82) is 0 Å². The minimum absolute atomic E-state index is 0.0678. The molecule has 1 N–H and O–H groups in total. The van der Waals surface area contributed by atoms with E-state index in [1.807, 2.05) is 44.2 Å². The molecule has 0 saturated heterocycles. The number of aryl methyl sites for hydroxylation is 1. The number of rotatable bonds is 11. The van der Waals surface area contributed by atoms with Gasteiger partial charge in [-0.3, -0.25) is 0 Å². The minimum atomic E-state index is -0.638. The quantitative estimate of drug-likeness (QED) is 0.249. The van der Waals surface area contributed by atoms with Crippen molar-refractivity contribution in [3.05, 3.63) is 90.7 Å². The van der Waals surface area contributed by atoms with Crippen LogP contribution in [0.2, 0.25) is 0 Å². The highest BCUT2D eigenvalue weighted by Crippen LogP contribution is 2.31. The van der Waals surface area contributed by atoms with Crippen LogP contribution in [0.1, 0.15) is 44.1 Å². The largest absolute Gasteiger partial charge is 0.412 e. The molecular formula is C28H32FN3O2. The number of hydrogen-bond acceptors (Lipinski definition) is 3. The highest BCUT2D eigenvalue weighted by Gasteiger charge is 2.17. The van der Waals surface area contributed by atoms with Crippen LogP contribution in [0.25, 0.3) is 16.8 Å². The Morgan fingerprint density at radius 3 is 2.50 bits per heavy atom. The number of imidazole rings is 1. The van der Waals surface area contributed by atoms with Gasteiger partial charge in [-0.2, -0.15) is 0 Å². The second-order valence-corrected chi connectivity index (χ2v) is 7.98. The summed E-state index contributed by atoms with van der Waals surface area (Å²) in [5.74, 6) is 0.356. The Hall–Kier alpha value is -3.67. The van der Waals surface area contributed by atoms with Gasteiger partial charge < -0.3 is 14.6 Å². The Labute approximate surface area is 201 Å². The molecule has 0 aliphatic carbocycles. The van der Waals surface area contributed by atoms with Gasteiger partial charge in [0.15, 0.2) is 11.6 Å². The van der Waals surface area contributed by atoms with E-state index >= 15 is 0 Å². The van der Waals surface area contributed by atoms with Gasteiger partial charge in [0.1, 0.15) is 5.82 Å². The third kappa shape index (κ3) is 6.44. The van der Waals surface area contributed by atoms with Gasteiger partial charge in [-0.1, -0.05) is 74.0 Å². The normalized spacial score (nSPS) is 11.3. The van der Waals surface area contributed by atoms with Crippen molar-refractivity contribution < 1.29 is 13.9 Å². The number of ether oxygens (including phenoxy) is 1. The number of carbonyl (C=O) groups is 1. The molecule has 1 aromatic heterocycles. The van der Waals surface area contributed by atoms with Crippen LogP contribution >= 0.6 is 0 Å². The molecule has 0 aliphatic rings. The number of benzene rings is 2. The summed E-state index contributed by atoms with van der Waals surface area (Å²) in [6.07, 6.45) is 7.05. The van der Waals surface area contributed by atoms with Gasteiger partial charge in [0.25, 0.3) is 0 Å². The predicted molar refractivity (Wildman–Crippen MR) is 135 cm³/mol. The van der Waals surface area contributed by atoms with Gasteiger partial charge in [-0.05, 0) is 44.4 Å². The lowest BCUT2D eigenvalue weighted by Crippen LogP contribution is -2.28. The standard InChI is InChI=1S/C28H32FN3O2/c1-4-22(5-2)26-27(23-15-9-8-10-16-23)32(21(3)31-26)20-14-7-6-13-19-30-28(33)34-25-18-12-11-17-24(25)29/h4-5,8-12,15-18H,1,6-7,13-14,19-20H2,2-3H3,(H,30,33). The molecular weight excluding hydrogens is 429 g/mol. The topological polar surface area (TPSA) is 56.2 Å². The fourth-order valence-corrected chi connectivity index (χ4v) is 3.88. The monoisotopic (exact) mass is 461 g/mol. The second-order valence-electron chi connectivity index (χ2n) is 7.98. The van der Waals surface area contributed by atoms with Gasteiger partial charge in [0.2, 0.25) is 0 Å². The summed E-state index contributed by atoms with van der Waals surface area (Å²) in [5, 5.41) is 2.68.